The van der Waals surface area contributed by atoms with Crippen LogP contribution in [0.5, 0.6) is 0 Å². The summed E-state index contributed by atoms with van der Waals surface area (Å²) in [6, 6.07) is 13.4. The van der Waals surface area contributed by atoms with E-state index in [0.29, 0.717) is 5.69 Å². The molecule has 0 atom stereocenters. The third kappa shape index (κ3) is 3.68. The molecule has 3 heterocycles. The van der Waals surface area contributed by atoms with Gasteiger partial charge in [-0.3, -0.25) is 24.8 Å². The zero-order chi connectivity index (χ0) is 22.1. The van der Waals surface area contributed by atoms with Gasteiger partial charge in [0.05, 0.1) is 5.69 Å². The van der Waals surface area contributed by atoms with Crippen molar-refractivity contribution in [3.63, 3.8) is 0 Å². The normalized spacial score (nSPS) is 15.5. The fraction of sp³-hybridized carbons (Fsp3) is 0.167. The third-order valence-corrected chi connectivity index (χ3v) is 5.69. The molecule has 1 aliphatic heterocycles. The highest BCUT2D eigenvalue weighted by Crippen LogP contribution is 2.28. The number of amides is 2. The quantitative estimate of drug-likeness (QED) is 0.388. The molecule has 7 heteroatoms. The topological polar surface area (TPSA) is 67.2 Å². The number of hydrogen-bond donors (Lipinski definition) is 1. The van der Waals surface area contributed by atoms with Crippen LogP contribution in [0.1, 0.15) is 29.4 Å². The predicted molar refractivity (Wildman–Crippen MR) is 125 cm³/mol. The second-order valence-electron chi connectivity index (χ2n) is 7.31. The highest BCUT2D eigenvalue weighted by Gasteiger charge is 2.35. The lowest BCUT2D eigenvalue weighted by atomic mass is 10.0. The smallest absolute Gasteiger partial charge is 0.270 e. The van der Waals surface area contributed by atoms with Crippen molar-refractivity contribution in [2.75, 3.05) is 4.90 Å². The highest BCUT2D eigenvalue weighted by molar-refractivity contribution is 7.80. The summed E-state index contributed by atoms with van der Waals surface area (Å²) in [6.45, 7) is 5.95. The van der Waals surface area contributed by atoms with Crippen molar-refractivity contribution in [1.29, 1.82) is 0 Å². The fourth-order valence-corrected chi connectivity index (χ4v) is 4.16. The number of anilines is 1. The molecule has 1 aliphatic rings. The molecule has 2 amide bonds. The van der Waals surface area contributed by atoms with E-state index in [2.05, 4.69) is 14.9 Å². The number of benzene rings is 1. The minimum atomic E-state index is -0.492. The summed E-state index contributed by atoms with van der Waals surface area (Å²) < 4.78 is 2.06. The van der Waals surface area contributed by atoms with Crippen molar-refractivity contribution in [3.8, 4) is 5.69 Å². The van der Waals surface area contributed by atoms with Crippen molar-refractivity contribution in [3.05, 3.63) is 82.9 Å². The number of para-hydroxylation sites is 1. The van der Waals surface area contributed by atoms with Crippen molar-refractivity contribution < 1.29 is 9.59 Å². The number of nitrogens with zero attached hydrogens (tertiary/aromatic N) is 3. The van der Waals surface area contributed by atoms with E-state index < -0.39 is 11.8 Å². The highest BCUT2D eigenvalue weighted by atomic mass is 32.1. The lowest BCUT2D eigenvalue weighted by Gasteiger charge is -2.30. The van der Waals surface area contributed by atoms with Crippen LogP contribution in [0.4, 0.5) is 5.69 Å². The lowest BCUT2D eigenvalue weighted by Crippen LogP contribution is -2.54. The lowest BCUT2D eigenvalue weighted by molar-refractivity contribution is -0.122. The Bertz CT molecular complexity index is 1230. The molecular formula is C24H22N4O2S. The molecular weight excluding hydrogens is 408 g/mol. The molecule has 0 aliphatic carbocycles. The van der Waals surface area contributed by atoms with Crippen LogP contribution in [0.15, 0.2) is 60.4 Å². The van der Waals surface area contributed by atoms with Gasteiger partial charge in [0.25, 0.3) is 11.8 Å². The van der Waals surface area contributed by atoms with Gasteiger partial charge >= 0.3 is 0 Å². The molecule has 1 N–H and O–H groups in total. The number of hydrogen-bond acceptors (Lipinski definition) is 4. The average molecular weight is 431 g/mol. The number of aromatic nitrogens is 2. The standard InChI is InChI=1S/C24H22N4O2S/c1-4-17-7-5-6-8-21(17)28-23(30)20(22(29)26-24(28)31)14-18-13-15(2)27(16(18)3)19-9-11-25-12-10-19/h5-14H,4H2,1-3H3,(H,26,29,31)/b20-14-. The first kappa shape index (κ1) is 20.7. The Morgan fingerprint density at radius 1 is 1.10 bits per heavy atom. The van der Waals surface area contributed by atoms with Gasteiger partial charge in [0.15, 0.2) is 5.11 Å². The van der Waals surface area contributed by atoms with Gasteiger partial charge in [-0.15, -0.1) is 0 Å². The van der Waals surface area contributed by atoms with Crippen molar-refractivity contribution >= 4 is 40.9 Å². The van der Waals surface area contributed by atoms with Crippen LogP contribution < -0.4 is 10.2 Å². The Labute approximate surface area is 186 Å². The van der Waals surface area contributed by atoms with Crippen molar-refractivity contribution in [1.82, 2.24) is 14.9 Å². The average Bonchev–Trinajstić information content (AvgIpc) is 3.04. The summed E-state index contributed by atoms with van der Waals surface area (Å²) in [4.78, 5) is 31.6. The van der Waals surface area contributed by atoms with Crippen molar-refractivity contribution in [2.45, 2.75) is 27.2 Å². The van der Waals surface area contributed by atoms with E-state index in [4.69, 9.17) is 12.2 Å². The Morgan fingerprint density at radius 3 is 2.52 bits per heavy atom. The van der Waals surface area contributed by atoms with Crippen LogP contribution in [-0.4, -0.2) is 26.5 Å². The first-order chi connectivity index (χ1) is 14.9. The van der Waals surface area contributed by atoms with Crippen LogP contribution in [-0.2, 0) is 16.0 Å². The summed E-state index contributed by atoms with van der Waals surface area (Å²) in [5, 5.41) is 2.76. The first-order valence-electron chi connectivity index (χ1n) is 10.0. The number of aryl methyl sites for hydroxylation is 2. The number of pyridine rings is 1. The van der Waals surface area contributed by atoms with Crippen LogP contribution >= 0.6 is 12.2 Å². The summed E-state index contributed by atoms with van der Waals surface area (Å²) in [5.41, 5.74) is 5.39. The Kier molecular flexibility index (Phi) is 5.52. The van der Waals surface area contributed by atoms with E-state index >= 15 is 0 Å². The third-order valence-electron chi connectivity index (χ3n) is 5.41. The Morgan fingerprint density at radius 2 is 1.81 bits per heavy atom. The molecule has 0 radical (unpaired) electrons. The van der Waals surface area contributed by atoms with Gasteiger partial charge in [-0.25, -0.2) is 0 Å². The number of carbonyl (C=O) groups is 2. The van der Waals surface area contributed by atoms with Gasteiger partial charge in [-0.2, -0.15) is 0 Å². The molecule has 0 spiro atoms. The van der Waals surface area contributed by atoms with E-state index in [9.17, 15) is 9.59 Å². The Hall–Kier alpha value is -3.58. The SMILES string of the molecule is CCc1ccccc1N1C(=O)/C(=C\c2cc(C)n(-c3ccncc3)c2C)C(=O)NC1=S. The molecule has 156 valence electrons. The molecule has 2 aromatic heterocycles. The second-order valence-corrected chi connectivity index (χ2v) is 7.69. The number of thiocarbonyl (C=S) groups is 1. The van der Waals surface area contributed by atoms with E-state index in [0.717, 1.165) is 34.6 Å². The number of rotatable bonds is 4. The van der Waals surface area contributed by atoms with Gasteiger partial charge in [-0.1, -0.05) is 25.1 Å². The van der Waals surface area contributed by atoms with Gasteiger partial charge in [0.1, 0.15) is 5.57 Å². The maximum absolute atomic E-state index is 13.4. The largest absolute Gasteiger partial charge is 0.318 e. The molecule has 1 saturated heterocycles. The van der Waals surface area contributed by atoms with E-state index in [-0.39, 0.29) is 10.7 Å². The molecule has 1 fully saturated rings. The molecule has 3 aromatic rings. The maximum atomic E-state index is 13.4. The summed E-state index contributed by atoms with van der Waals surface area (Å²) >= 11 is 5.34. The van der Waals surface area contributed by atoms with Crippen molar-refractivity contribution in [2.24, 2.45) is 0 Å². The van der Waals surface area contributed by atoms with Crippen LogP contribution in [0.3, 0.4) is 0 Å². The first-order valence-corrected chi connectivity index (χ1v) is 10.4. The van der Waals surface area contributed by atoms with Crippen LogP contribution in [0.2, 0.25) is 0 Å². The minimum absolute atomic E-state index is 0.0504. The van der Waals surface area contributed by atoms with Gasteiger partial charge in [0.2, 0.25) is 0 Å². The van der Waals surface area contributed by atoms with E-state index in [1.165, 1.54) is 4.90 Å². The van der Waals surface area contributed by atoms with Gasteiger partial charge in [0, 0.05) is 29.5 Å². The maximum Gasteiger partial charge on any atom is 0.270 e. The molecule has 0 bridgehead atoms. The van der Waals surface area contributed by atoms with E-state index in [1.54, 1.807) is 18.5 Å². The minimum Gasteiger partial charge on any atom is -0.318 e. The zero-order valence-corrected chi connectivity index (χ0v) is 18.4. The van der Waals surface area contributed by atoms with Crippen LogP contribution in [0.25, 0.3) is 11.8 Å². The summed E-state index contributed by atoms with van der Waals surface area (Å²) in [7, 11) is 0. The van der Waals surface area contributed by atoms with Crippen LogP contribution in [0, 0.1) is 13.8 Å². The Balaban J connectivity index is 1.78. The summed E-state index contributed by atoms with van der Waals surface area (Å²) in [6.07, 6.45) is 5.84. The predicted octanol–water partition coefficient (Wildman–Crippen LogP) is 3.88. The second kappa shape index (κ2) is 8.28. The molecule has 6 nitrogen and oxygen atoms in total. The fourth-order valence-electron chi connectivity index (χ4n) is 3.88. The number of carbonyl (C=O) groups excluding carboxylic acids is 2. The monoisotopic (exact) mass is 430 g/mol. The number of nitrogens with one attached hydrogen (secondary N) is 1. The molecule has 4 rings (SSSR count). The summed E-state index contributed by atoms with van der Waals surface area (Å²) in [5.74, 6) is -0.919. The molecule has 31 heavy (non-hydrogen) atoms. The molecule has 0 saturated carbocycles. The molecule has 1 aromatic carbocycles. The van der Waals surface area contributed by atoms with Gasteiger partial charge < -0.3 is 4.57 Å². The van der Waals surface area contributed by atoms with E-state index in [1.807, 2.05) is 63.2 Å². The van der Waals surface area contributed by atoms with Gasteiger partial charge in [-0.05, 0) is 74.0 Å². The zero-order valence-electron chi connectivity index (χ0n) is 17.5. The molecule has 0 unspecified atom stereocenters.